The van der Waals surface area contributed by atoms with E-state index in [0.717, 1.165) is 34.6 Å². The Morgan fingerprint density at radius 1 is 1.22 bits per heavy atom. The molecule has 92 valence electrons. The molecule has 0 bridgehead atoms. The molecular formula is C13H14N4S. The molecule has 3 aromatic heterocycles. The van der Waals surface area contributed by atoms with Gasteiger partial charge in [-0.15, -0.1) is 11.3 Å². The molecule has 3 rings (SSSR count). The predicted molar refractivity (Wildman–Crippen MR) is 73.3 cm³/mol. The molecule has 0 spiro atoms. The number of aryl methyl sites for hydroxylation is 2. The van der Waals surface area contributed by atoms with Crippen LogP contribution in [-0.4, -0.2) is 19.7 Å². The van der Waals surface area contributed by atoms with E-state index in [9.17, 15) is 0 Å². The zero-order valence-electron chi connectivity index (χ0n) is 10.4. The minimum absolute atomic E-state index is 0.887. The van der Waals surface area contributed by atoms with E-state index in [2.05, 4.69) is 41.0 Å². The fourth-order valence-electron chi connectivity index (χ4n) is 2.03. The van der Waals surface area contributed by atoms with Crippen LogP contribution in [0.4, 0.5) is 0 Å². The number of nitrogens with zero attached hydrogens (tertiary/aromatic N) is 4. The lowest BCUT2D eigenvalue weighted by molar-refractivity contribution is 0.776. The van der Waals surface area contributed by atoms with Gasteiger partial charge >= 0.3 is 0 Å². The van der Waals surface area contributed by atoms with Crippen molar-refractivity contribution in [2.75, 3.05) is 0 Å². The quantitative estimate of drug-likeness (QED) is 0.725. The average molecular weight is 258 g/mol. The second-order valence-corrected chi connectivity index (χ2v) is 4.98. The van der Waals surface area contributed by atoms with Crippen molar-refractivity contribution in [2.45, 2.75) is 26.7 Å². The molecule has 0 aliphatic heterocycles. The highest BCUT2D eigenvalue weighted by Crippen LogP contribution is 2.24. The first-order valence-corrected chi connectivity index (χ1v) is 6.97. The molecule has 3 heterocycles. The minimum atomic E-state index is 0.887. The van der Waals surface area contributed by atoms with Gasteiger partial charge in [0.05, 0.1) is 11.1 Å². The van der Waals surface area contributed by atoms with Crippen LogP contribution in [0.5, 0.6) is 0 Å². The third-order valence-corrected chi connectivity index (χ3v) is 3.82. The van der Waals surface area contributed by atoms with Crippen molar-refractivity contribution in [2.24, 2.45) is 0 Å². The molecule has 0 saturated heterocycles. The highest BCUT2D eigenvalue weighted by atomic mass is 32.1. The molecule has 0 radical (unpaired) electrons. The van der Waals surface area contributed by atoms with Crippen molar-refractivity contribution < 1.29 is 0 Å². The summed E-state index contributed by atoms with van der Waals surface area (Å²) in [6.07, 6.45) is 3.50. The third-order valence-electron chi connectivity index (χ3n) is 3.00. The van der Waals surface area contributed by atoms with Crippen molar-refractivity contribution >= 4 is 21.6 Å². The third kappa shape index (κ3) is 1.71. The van der Waals surface area contributed by atoms with Gasteiger partial charge in [0.1, 0.15) is 11.2 Å². The van der Waals surface area contributed by atoms with E-state index >= 15 is 0 Å². The van der Waals surface area contributed by atoms with Crippen LogP contribution in [0, 0.1) is 0 Å². The van der Waals surface area contributed by atoms with Gasteiger partial charge in [0.2, 0.25) is 0 Å². The van der Waals surface area contributed by atoms with Crippen molar-refractivity contribution in [1.29, 1.82) is 0 Å². The van der Waals surface area contributed by atoms with Gasteiger partial charge in [-0.25, -0.2) is 14.6 Å². The molecule has 0 fully saturated rings. The van der Waals surface area contributed by atoms with Crippen molar-refractivity contribution in [3.05, 3.63) is 35.2 Å². The Morgan fingerprint density at radius 2 is 2.11 bits per heavy atom. The number of rotatable bonds is 3. The number of hydrogen-bond donors (Lipinski definition) is 0. The summed E-state index contributed by atoms with van der Waals surface area (Å²) >= 11 is 1.63. The number of fused-ring (bicyclic) bond motifs is 1. The van der Waals surface area contributed by atoms with Gasteiger partial charge in [-0.1, -0.05) is 13.8 Å². The van der Waals surface area contributed by atoms with Crippen LogP contribution in [0.25, 0.3) is 16.0 Å². The van der Waals surface area contributed by atoms with E-state index in [-0.39, 0.29) is 0 Å². The van der Waals surface area contributed by atoms with Crippen LogP contribution in [0.1, 0.15) is 25.2 Å². The molecular weight excluding hydrogens is 244 g/mol. The minimum Gasteiger partial charge on any atom is -0.225 e. The summed E-state index contributed by atoms with van der Waals surface area (Å²) in [4.78, 5) is 9.69. The van der Waals surface area contributed by atoms with Gasteiger partial charge in [-0.05, 0) is 30.4 Å². The van der Waals surface area contributed by atoms with Crippen LogP contribution in [-0.2, 0) is 12.8 Å². The molecule has 4 nitrogen and oxygen atoms in total. The van der Waals surface area contributed by atoms with E-state index in [4.69, 9.17) is 0 Å². The molecule has 0 saturated carbocycles. The summed E-state index contributed by atoms with van der Waals surface area (Å²) in [5, 5.41) is 7.74. The second kappa shape index (κ2) is 4.49. The van der Waals surface area contributed by atoms with Crippen LogP contribution in [0.3, 0.4) is 0 Å². The maximum absolute atomic E-state index is 4.63. The summed E-state index contributed by atoms with van der Waals surface area (Å²) in [7, 11) is 0. The first-order valence-electron chi connectivity index (χ1n) is 6.09. The zero-order valence-corrected chi connectivity index (χ0v) is 11.2. The Kier molecular flexibility index (Phi) is 2.83. The maximum Gasteiger partial charge on any atom is 0.165 e. The fourth-order valence-corrected chi connectivity index (χ4v) is 2.76. The standard InChI is InChI=1S/C13H14N4S/c1-3-9-7-10(4-2)17(16-9)12-11-5-6-18-13(11)15-8-14-12/h5-8H,3-4H2,1-2H3. The fraction of sp³-hybridized carbons (Fsp3) is 0.308. The van der Waals surface area contributed by atoms with Gasteiger partial charge < -0.3 is 0 Å². The van der Waals surface area contributed by atoms with Gasteiger partial charge in [0.15, 0.2) is 5.82 Å². The van der Waals surface area contributed by atoms with Gasteiger partial charge in [-0.2, -0.15) is 5.10 Å². The molecule has 0 N–H and O–H groups in total. The van der Waals surface area contributed by atoms with Gasteiger partial charge in [0.25, 0.3) is 0 Å². The summed E-state index contributed by atoms with van der Waals surface area (Å²) in [5.74, 6) is 0.887. The number of thiophene rings is 1. The largest absolute Gasteiger partial charge is 0.225 e. The van der Waals surface area contributed by atoms with Crippen LogP contribution in [0.15, 0.2) is 23.8 Å². The van der Waals surface area contributed by atoms with E-state index in [0.29, 0.717) is 0 Å². The van der Waals surface area contributed by atoms with E-state index < -0.39 is 0 Å². The smallest absolute Gasteiger partial charge is 0.165 e. The zero-order chi connectivity index (χ0) is 12.5. The monoisotopic (exact) mass is 258 g/mol. The molecule has 18 heavy (non-hydrogen) atoms. The highest BCUT2D eigenvalue weighted by Gasteiger charge is 2.12. The lowest BCUT2D eigenvalue weighted by Gasteiger charge is -2.05. The number of hydrogen-bond acceptors (Lipinski definition) is 4. The summed E-state index contributed by atoms with van der Waals surface area (Å²) in [6, 6.07) is 4.21. The molecule has 0 atom stereocenters. The normalized spacial score (nSPS) is 11.2. The molecule has 0 unspecified atom stereocenters. The lowest BCUT2D eigenvalue weighted by atomic mass is 10.2. The van der Waals surface area contributed by atoms with Crippen molar-refractivity contribution in [1.82, 2.24) is 19.7 Å². The molecule has 5 heteroatoms. The first-order chi connectivity index (χ1) is 8.83. The Balaban J connectivity index is 2.25. The molecule has 0 aliphatic carbocycles. The second-order valence-electron chi connectivity index (χ2n) is 4.08. The van der Waals surface area contributed by atoms with Crippen LogP contribution >= 0.6 is 11.3 Å². The van der Waals surface area contributed by atoms with Gasteiger partial charge in [-0.3, -0.25) is 0 Å². The van der Waals surface area contributed by atoms with Gasteiger partial charge in [0, 0.05) is 5.69 Å². The summed E-state index contributed by atoms with van der Waals surface area (Å²) in [6.45, 7) is 4.26. The number of aromatic nitrogens is 4. The average Bonchev–Trinajstić information content (AvgIpc) is 3.04. The molecule has 0 aromatic carbocycles. The first kappa shape index (κ1) is 11.3. The maximum atomic E-state index is 4.63. The topological polar surface area (TPSA) is 43.6 Å². The summed E-state index contributed by atoms with van der Waals surface area (Å²) in [5.41, 5.74) is 2.30. The predicted octanol–water partition coefficient (Wildman–Crippen LogP) is 3.00. The van der Waals surface area contributed by atoms with E-state index in [1.165, 1.54) is 5.69 Å². The Labute approximate surface area is 109 Å². The summed E-state index contributed by atoms with van der Waals surface area (Å²) < 4.78 is 1.95. The Morgan fingerprint density at radius 3 is 2.89 bits per heavy atom. The lowest BCUT2D eigenvalue weighted by Crippen LogP contribution is -2.04. The molecule has 3 aromatic rings. The van der Waals surface area contributed by atoms with Crippen LogP contribution in [0.2, 0.25) is 0 Å². The Hall–Kier alpha value is -1.75. The molecule has 0 amide bonds. The van der Waals surface area contributed by atoms with Crippen molar-refractivity contribution in [3.8, 4) is 5.82 Å². The Bertz CT molecular complexity index is 683. The highest BCUT2D eigenvalue weighted by molar-refractivity contribution is 7.16. The van der Waals surface area contributed by atoms with Crippen molar-refractivity contribution in [3.63, 3.8) is 0 Å². The SMILES string of the molecule is CCc1cc(CC)n(-c2ncnc3sccc23)n1. The van der Waals surface area contributed by atoms with E-state index in [1.54, 1.807) is 17.7 Å². The van der Waals surface area contributed by atoms with E-state index in [1.807, 2.05) is 10.1 Å². The molecule has 0 aliphatic rings. The van der Waals surface area contributed by atoms with Crippen LogP contribution < -0.4 is 0 Å².